The Hall–Kier alpha value is -1.91. The van der Waals surface area contributed by atoms with E-state index >= 15 is 0 Å². The second-order valence-electron chi connectivity index (χ2n) is 2.83. The highest BCUT2D eigenvalue weighted by Gasteiger charge is 2.07. The van der Waals surface area contributed by atoms with E-state index in [-0.39, 0.29) is 6.42 Å². The third kappa shape index (κ3) is 1.71. The van der Waals surface area contributed by atoms with Gasteiger partial charge in [-0.1, -0.05) is 0 Å². The third-order valence-electron chi connectivity index (χ3n) is 1.76. The van der Waals surface area contributed by atoms with Gasteiger partial charge >= 0.3 is 5.97 Å². The van der Waals surface area contributed by atoms with E-state index in [1.807, 2.05) is 0 Å². The maximum absolute atomic E-state index is 10.3. The molecule has 1 N–H and O–H groups in total. The lowest BCUT2D eigenvalue weighted by molar-refractivity contribution is -0.137. The quantitative estimate of drug-likeness (QED) is 0.791. The predicted molar refractivity (Wildman–Crippen MR) is 47.8 cm³/mol. The zero-order valence-electron chi connectivity index (χ0n) is 7.30. The van der Waals surface area contributed by atoms with Gasteiger partial charge in [0.25, 0.3) is 0 Å². The number of rotatable bonds is 3. The van der Waals surface area contributed by atoms with E-state index in [4.69, 9.17) is 9.52 Å². The Balaban J connectivity index is 2.22. The molecule has 5 heteroatoms. The molecule has 0 saturated carbocycles. The fourth-order valence-corrected chi connectivity index (χ4v) is 1.14. The Morgan fingerprint density at radius 1 is 1.57 bits per heavy atom. The van der Waals surface area contributed by atoms with Gasteiger partial charge in [0.05, 0.1) is 6.42 Å². The second kappa shape index (κ2) is 3.45. The molecule has 0 spiro atoms. The van der Waals surface area contributed by atoms with Crippen LogP contribution in [0.15, 0.2) is 22.7 Å². The number of hydrogen-bond donors (Lipinski definition) is 1. The van der Waals surface area contributed by atoms with Crippen LogP contribution >= 0.6 is 0 Å². The van der Waals surface area contributed by atoms with Crippen molar-refractivity contribution in [2.45, 2.75) is 12.8 Å². The summed E-state index contributed by atoms with van der Waals surface area (Å²) in [4.78, 5) is 18.3. The number of pyridine rings is 1. The van der Waals surface area contributed by atoms with Gasteiger partial charge in [-0.15, -0.1) is 0 Å². The van der Waals surface area contributed by atoms with Crippen molar-refractivity contribution in [3.63, 3.8) is 0 Å². The van der Waals surface area contributed by atoms with Crippen molar-refractivity contribution in [3.05, 3.63) is 24.2 Å². The number of carbonyl (C=O) groups is 1. The molecule has 0 radical (unpaired) electrons. The monoisotopic (exact) mass is 192 g/mol. The van der Waals surface area contributed by atoms with E-state index in [0.717, 1.165) is 0 Å². The van der Waals surface area contributed by atoms with Crippen LogP contribution in [0.4, 0.5) is 0 Å². The van der Waals surface area contributed by atoms with Gasteiger partial charge in [0.1, 0.15) is 5.52 Å². The van der Waals surface area contributed by atoms with Gasteiger partial charge in [-0.3, -0.25) is 4.79 Å². The van der Waals surface area contributed by atoms with Crippen LogP contribution in [0.2, 0.25) is 0 Å². The van der Waals surface area contributed by atoms with Gasteiger partial charge in [0.2, 0.25) is 5.71 Å². The first-order valence-corrected chi connectivity index (χ1v) is 4.18. The highest BCUT2D eigenvalue weighted by Crippen LogP contribution is 2.12. The van der Waals surface area contributed by atoms with E-state index in [1.54, 1.807) is 18.3 Å². The number of nitrogens with zero attached hydrogens (tertiary/aromatic N) is 2. The van der Waals surface area contributed by atoms with Crippen LogP contribution in [0.1, 0.15) is 12.3 Å². The molecule has 2 rings (SSSR count). The Labute approximate surface area is 79.4 Å². The number of fused-ring (bicyclic) bond motifs is 1. The van der Waals surface area contributed by atoms with E-state index in [0.29, 0.717) is 23.5 Å². The van der Waals surface area contributed by atoms with Crippen molar-refractivity contribution in [2.24, 2.45) is 0 Å². The average Bonchev–Trinajstić information content (AvgIpc) is 2.57. The number of carboxylic acid groups (broad SMARTS) is 1. The lowest BCUT2D eigenvalue weighted by Gasteiger charge is -1.88. The topological polar surface area (TPSA) is 76.2 Å². The van der Waals surface area contributed by atoms with E-state index in [2.05, 4.69) is 9.97 Å². The van der Waals surface area contributed by atoms with Crippen LogP contribution in [0.25, 0.3) is 11.2 Å². The predicted octanol–water partition coefficient (Wildman–Crippen LogP) is 1.24. The number of aromatic nitrogens is 2. The maximum atomic E-state index is 10.3. The van der Waals surface area contributed by atoms with E-state index in [1.165, 1.54) is 0 Å². The molecule has 2 aromatic rings. The zero-order valence-corrected chi connectivity index (χ0v) is 7.30. The van der Waals surface area contributed by atoms with Crippen LogP contribution in [-0.4, -0.2) is 21.0 Å². The Bertz CT molecular complexity index is 431. The highest BCUT2D eigenvalue weighted by atomic mass is 16.4. The Morgan fingerprint density at radius 3 is 3.14 bits per heavy atom. The molecule has 0 aliphatic heterocycles. The summed E-state index contributed by atoms with van der Waals surface area (Å²) in [7, 11) is 0. The second-order valence-corrected chi connectivity index (χ2v) is 2.83. The van der Waals surface area contributed by atoms with Gasteiger partial charge < -0.3 is 9.52 Å². The largest absolute Gasteiger partial charge is 0.481 e. The highest BCUT2D eigenvalue weighted by molar-refractivity contribution is 5.68. The van der Waals surface area contributed by atoms with Crippen molar-refractivity contribution >= 4 is 17.2 Å². The lowest BCUT2D eigenvalue weighted by Crippen LogP contribution is -1.97. The minimum absolute atomic E-state index is 0.0207. The summed E-state index contributed by atoms with van der Waals surface area (Å²) in [5.74, 6) is -0.443. The standard InChI is InChI=1S/C9H8N2O3/c12-8(13)4-3-7-11-6-2-1-5-10-9(6)14-7/h1-2,5H,3-4H2,(H,12,13). The Morgan fingerprint density at radius 2 is 2.43 bits per heavy atom. The molecule has 0 bridgehead atoms. The number of oxazole rings is 1. The SMILES string of the molecule is O=C(O)CCc1nc2cccnc2o1. The molecule has 72 valence electrons. The summed E-state index contributed by atoms with van der Waals surface area (Å²) in [6.07, 6.45) is 1.92. The fraction of sp³-hybridized carbons (Fsp3) is 0.222. The van der Waals surface area contributed by atoms with Crippen molar-refractivity contribution in [3.8, 4) is 0 Å². The van der Waals surface area contributed by atoms with Gasteiger partial charge in [-0.25, -0.2) is 9.97 Å². The minimum Gasteiger partial charge on any atom is -0.481 e. The lowest BCUT2D eigenvalue weighted by atomic mass is 10.3. The molecule has 0 atom stereocenters. The molecule has 0 amide bonds. The first-order chi connectivity index (χ1) is 6.75. The van der Waals surface area contributed by atoms with Crippen LogP contribution in [0.3, 0.4) is 0 Å². The summed E-state index contributed by atoms with van der Waals surface area (Å²) in [5, 5.41) is 8.46. The average molecular weight is 192 g/mol. The number of aryl methyl sites for hydroxylation is 1. The summed E-state index contributed by atoms with van der Waals surface area (Å²) >= 11 is 0. The molecular weight excluding hydrogens is 184 g/mol. The van der Waals surface area contributed by atoms with Gasteiger partial charge in [0.15, 0.2) is 5.89 Å². The normalized spacial score (nSPS) is 10.6. The van der Waals surface area contributed by atoms with Crippen molar-refractivity contribution < 1.29 is 14.3 Å². The van der Waals surface area contributed by atoms with Gasteiger partial charge in [0, 0.05) is 12.6 Å². The van der Waals surface area contributed by atoms with Crippen LogP contribution < -0.4 is 0 Å². The van der Waals surface area contributed by atoms with Crippen LogP contribution in [0, 0.1) is 0 Å². The molecule has 14 heavy (non-hydrogen) atoms. The molecule has 5 nitrogen and oxygen atoms in total. The molecule has 0 saturated heterocycles. The summed E-state index contributed by atoms with van der Waals surface area (Å²) in [6, 6.07) is 3.53. The molecule has 0 fully saturated rings. The molecule has 0 unspecified atom stereocenters. The molecular formula is C9H8N2O3. The molecule has 0 aromatic carbocycles. The molecule has 2 heterocycles. The zero-order chi connectivity index (χ0) is 9.97. The van der Waals surface area contributed by atoms with Gasteiger partial charge in [-0.05, 0) is 12.1 Å². The summed E-state index contributed by atoms with van der Waals surface area (Å²) in [6.45, 7) is 0. The van der Waals surface area contributed by atoms with Gasteiger partial charge in [-0.2, -0.15) is 0 Å². The number of aliphatic carboxylic acids is 1. The fourth-order valence-electron chi connectivity index (χ4n) is 1.14. The number of hydrogen-bond acceptors (Lipinski definition) is 4. The summed E-state index contributed by atoms with van der Waals surface area (Å²) in [5.41, 5.74) is 1.11. The molecule has 2 aromatic heterocycles. The van der Waals surface area contributed by atoms with Crippen LogP contribution in [0.5, 0.6) is 0 Å². The minimum atomic E-state index is -0.861. The first kappa shape index (κ1) is 8.68. The van der Waals surface area contributed by atoms with Crippen LogP contribution in [-0.2, 0) is 11.2 Å². The van der Waals surface area contributed by atoms with Crippen molar-refractivity contribution in [1.82, 2.24) is 9.97 Å². The van der Waals surface area contributed by atoms with E-state index in [9.17, 15) is 4.79 Å². The third-order valence-corrected chi connectivity index (χ3v) is 1.76. The van der Waals surface area contributed by atoms with Crippen molar-refractivity contribution in [2.75, 3.05) is 0 Å². The van der Waals surface area contributed by atoms with E-state index < -0.39 is 5.97 Å². The maximum Gasteiger partial charge on any atom is 0.303 e. The molecule has 0 aliphatic rings. The van der Waals surface area contributed by atoms with Crippen molar-refractivity contribution in [1.29, 1.82) is 0 Å². The Kier molecular flexibility index (Phi) is 2.14. The number of carboxylic acids is 1. The smallest absolute Gasteiger partial charge is 0.303 e. The first-order valence-electron chi connectivity index (χ1n) is 4.18. The summed E-state index contributed by atoms with van der Waals surface area (Å²) < 4.78 is 5.23. The molecule has 0 aliphatic carbocycles.